The Labute approximate surface area is 99.5 Å². The molecule has 2 fully saturated rings. The molecule has 0 radical (unpaired) electrons. The third-order valence-corrected chi connectivity index (χ3v) is 3.65. The van der Waals surface area contributed by atoms with Crippen LogP contribution in [0.1, 0.15) is 25.7 Å². The van der Waals surface area contributed by atoms with E-state index in [9.17, 15) is 9.59 Å². The van der Waals surface area contributed by atoms with Crippen LogP contribution in [0.2, 0.25) is 0 Å². The summed E-state index contributed by atoms with van der Waals surface area (Å²) in [4.78, 5) is 23.0. The van der Waals surface area contributed by atoms with E-state index in [0.29, 0.717) is 25.9 Å². The topological polar surface area (TPSA) is 102 Å². The quantitative estimate of drug-likeness (QED) is 0.617. The van der Waals surface area contributed by atoms with Crippen molar-refractivity contribution < 1.29 is 19.4 Å². The second-order valence-electron chi connectivity index (χ2n) is 4.91. The van der Waals surface area contributed by atoms with Gasteiger partial charge in [-0.15, -0.1) is 0 Å². The zero-order valence-corrected chi connectivity index (χ0v) is 9.65. The highest BCUT2D eigenvalue weighted by Crippen LogP contribution is 2.27. The van der Waals surface area contributed by atoms with Crippen molar-refractivity contribution in [3.05, 3.63) is 0 Å². The van der Waals surface area contributed by atoms with Crippen LogP contribution in [0, 0.1) is 5.92 Å². The number of rotatable bonds is 3. The van der Waals surface area contributed by atoms with Crippen molar-refractivity contribution >= 4 is 11.9 Å². The number of carbonyl (C=O) groups excluding carboxylic acids is 1. The molecule has 6 nitrogen and oxygen atoms in total. The maximum atomic E-state index is 12.0. The molecule has 1 amide bonds. The predicted molar refractivity (Wildman–Crippen MR) is 59.3 cm³/mol. The number of nitrogens with one attached hydrogen (secondary N) is 1. The van der Waals surface area contributed by atoms with Gasteiger partial charge in [-0.05, 0) is 19.3 Å². The largest absolute Gasteiger partial charge is 0.481 e. The first-order chi connectivity index (χ1) is 8.03. The van der Waals surface area contributed by atoms with Gasteiger partial charge >= 0.3 is 5.97 Å². The van der Waals surface area contributed by atoms with Crippen LogP contribution in [0.25, 0.3) is 0 Å². The number of ether oxygens (including phenoxy) is 1. The molecule has 1 aliphatic carbocycles. The second-order valence-corrected chi connectivity index (χ2v) is 4.91. The van der Waals surface area contributed by atoms with Gasteiger partial charge in [-0.2, -0.15) is 0 Å². The fraction of sp³-hybridized carbons (Fsp3) is 0.818. The number of carbonyl (C=O) groups is 2. The van der Waals surface area contributed by atoms with E-state index < -0.39 is 17.4 Å². The zero-order chi connectivity index (χ0) is 12.5. The van der Waals surface area contributed by atoms with Crippen LogP contribution in [-0.2, 0) is 14.3 Å². The van der Waals surface area contributed by atoms with E-state index in [4.69, 9.17) is 15.6 Å². The molecule has 1 heterocycles. The molecule has 17 heavy (non-hydrogen) atoms. The van der Waals surface area contributed by atoms with Crippen molar-refractivity contribution in [3.63, 3.8) is 0 Å². The van der Waals surface area contributed by atoms with Gasteiger partial charge in [-0.25, -0.2) is 0 Å². The SMILES string of the molecule is NC1(C(=O)NC2CCCC2C(=O)O)CCOC1. The number of nitrogens with two attached hydrogens (primary N) is 1. The molecule has 4 N–H and O–H groups in total. The molecule has 1 aliphatic heterocycles. The first-order valence-electron chi connectivity index (χ1n) is 5.93. The Morgan fingerprint density at radius 3 is 2.76 bits per heavy atom. The molecule has 2 rings (SSSR count). The Hall–Kier alpha value is -1.14. The number of carboxylic acids is 1. The van der Waals surface area contributed by atoms with Crippen molar-refractivity contribution in [1.82, 2.24) is 5.32 Å². The molecule has 1 saturated heterocycles. The molecule has 3 unspecified atom stereocenters. The molecule has 0 bridgehead atoms. The summed E-state index contributed by atoms with van der Waals surface area (Å²) in [6, 6.07) is -0.291. The van der Waals surface area contributed by atoms with Crippen molar-refractivity contribution in [1.29, 1.82) is 0 Å². The number of hydrogen-bond donors (Lipinski definition) is 3. The first kappa shape index (κ1) is 12.3. The lowest BCUT2D eigenvalue weighted by molar-refractivity contribution is -0.142. The van der Waals surface area contributed by atoms with Crippen molar-refractivity contribution in [2.75, 3.05) is 13.2 Å². The van der Waals surface area contributed by atoms with Crippen LogP contribution in [0.15, 0.2) is 0 Å². The highest BCUT2D eigenvalue weighted by molar-refractivity contribution is 5.87. The fourth-order valence-electron chi connectivity index (χ4n) is 2.50. The third-order valence-electron chi connectivity index (χ3n) is 3.65. The van der Waals surface area contributed by atoms with Crippen molar-refractivity contribution in [2.45, 2.75) is 37.3 Å². The van der Waals surface area contributed by atoms with Gasteiger partial charge in [-0.3, -0.25) is 9.59 Å². The van der Waals surface area contributed by atoms with Crippen LogP contribution >= 0.6 is 0 Å². The molecule has 0 spiro atoms. The molecular weight excluding hydrogens is 224 g/mol. The number of hydrogen-bond acceptors (Lipinski definition) is 4. The summed E-state index contributed by atoms with van der Waals surface area (Å²) < 4.78 is 5.12. The van der Waals surface area contributed by atoms with E-state index >= 15 is 0 Å². The highest BCUT2D eigenvalue weighted by Gasteiger charge is 2.41. The lowest BCUT2D eigenvalue weighted by Gasteiger charge is -2.25. The molecule has 0 aromatic carbocycles. The monoisotopic (exact) mass is 242 g/mol. The Kier molecular flexibility index (Phi) is 3.35. The molecule has 3 atom stereocenters. The van der Waals surface area contributed by atoms with Gasteiger partial charge in [0.05, 0.1) is 12.5 Å². The minimum atomic E-state index is -0.981. The molecule has 2 aliphatic rings. The summed E-state index contributed by atoms with van der Waals surface area (Å²) in [6.45, 7) is 0.695. The van der Waals surface area contributed by atoms with Crippen LogP contribution in [0.5, 0.6) is 0 Å². The van der Waals surface area contributed by atoms with Gasteiger partial charge in [0.25, 0.3) is 0 Å². The van der Waals surface area contributed by atoms with Crippen molar-refractivity contribution in [3.8, 4) is 0 Å². The number of carboxylic acid groups (broad SMARTS) is 1. The van der Waals surface area contributed by atoms with Gasteiger partial charge in [0.2, 0.25) is 5.91 Å². The Morgan fingerprint density at radius 2 is 2.18 bits per heavy atom. The zero-order valence-electron chi connectivity index (χ0n) is 9.65. The molecule has 1 saturated carbocycles. The molecule has 6 heteroatoms. The van der Waals surface area contributed by atoms with Crippen LogP contribution < -0.4 is 11.1 Å². The Balaban J connectivity index is 1.96. The summed E-state index contributed by atoms with van der Waals surface area (Å²) >= 11 is 0. The maximum absolute atomic E-state index is 12.0. The molecule has 0 aromatic rings. The average Bonchev–Trinajstić information content (AvgIpc) is 2.87. The van der Waals surface area contributed by atoms with Crippen LogP contribution in [0.4, 0.5) is 0 Å². The summed E-state index contributed by atoms with van der Waals surface area (Å²) in [5, 5.41) is 11.8. The van der Waals surface area contributed by atoms with Crippen molar-refractivity contribution in [2.24, 2.45) is 11.7 Å². The molecule has 96 valence electrons. The fourth-order valence-corrected chi connectivity index (χ4v) is 2.50. The van der Waals surface area contributed by atoms with E-state index in [1.807, 2.05) is 0 Å². The van der Waals surface area contributed by atoms with Crippen LogP contribution in [-0.4, -0.2) is 41.8 Å². The third kappa shape index (κ3) is 2.42. The normalized spacial score (nSPS) is 37.0. The number of aliphatic carboxylic acids is 1. The van der Waals surface area contributed by atoms with Gasteiger partial charge in [0.1, 0.15) is 5.54 Å². The second kappa shape index (κ2) is 4.62. The lowest BCUT2D eigenvalue weighted by atomic mass is 9.97. The summed E-state index contributed by atoms with van der Waals surface area (Å²) in [5.74, 6) is -1.61. The van der Waals surface area contributed by atoms with E-state index in [1.54, 1.807) is 0 Å². The minimum absolute atomic E-state index is 0.212. The van der Waals surface area contributed by atoms with Gasteiger partial charge in [-0.1, -0.05) is 6.42 Å². The van der Waals surface area contributed by atoms with E-state index in [2.05, 4.69) is 5.32 Å². The Morgan fingerprint density at radius 1 is 1.41 bits per heavy atom. The average molecular weight is 242 g/mol. The van der Waals surface area contributed by atoms with E-state index in [0.717, 1.165) is 6.42 Å². The standard InChI is InChI=1S/C11H18N2O4/c12-11(4-5-17-6-11)10(16)13-8-3-1-2-7(8)9(14)15/h7-8H,1-6,12H2,(H,13,16)(H,14,15). The smallest absolute Gasteiger partial charge is 0.308 e. The Bertz CT molecular complexity index is 325. The summed E-state index contributed by atoms with van der Waals surface area (Å²) in [7, 11) is 0. The number of amides is 1. The highest BCUT2D eigenvalue weighted by atomic mass is 16.5. The minimum Gasteiger partial charge on any atom is -0.481 e. The van der Waals surface area contributed by atoms with Gasteiger partial charge in [0.15, 0.2) is 0 Å². The van der Waals surface area contributed by atoms with Crippen LogP contribution in [0.3, 0.4) is 0 Å². The maximum Gasteiger partial charge on any atom is 0.308 e. The van der Waals surface area contributed by atoms with E-state index in [1.165, 1.54) is 0 Å². The lowest BCUT2D eigenvalue weighted by Crippen LogP contribution is -2.57. The molecule has 0 aromatic heterocycles. The first-order valence-corrected chi connectivity index (χ1v) is 5.93. The van der Waals surface area contributed by atoms with E-state index in [-0.39, 0.29) is 18.6 Å². The molecular formula is C11H18N2O4. The summed E-state index contributed by atoms with van der Waals surface area (Å²) in [5.41, 5.74) is 4.94. The van der Waals surface area contributed by atoms with Gasteiger partial charge < -0.3 is 20.9 Å². The summed E-state index contributed by atoms with van der Waals surface area (Å²) in [6.07, 6.45) is 2.65. The van der Waals surface area contributed by atoms with Gasteiger partial charge in [0, 0.05) is 12.6 Å². The predicted octanol–water partition coefficient (Wildman–Crippen LogP) is -0.526.